The largest absolute Gasteiger partial charge is 0.497 e. The molecule has 1 aromatic carbocycles. The minimum absolute atomic E-state index is 0.130. The summed E-state index contributed by atoms with van der Waals surface area (Å²) in [4.78, 5) is 30.9. The Morgan fingerprint density at radius 3 is 2.61 bits per heavy atom. The Bertz CT molecular complexity index is 1090. The average Bonchev–Trinajstić information content (AvgIpc) is 3.50. The number of thiophene rings is 2. The van der Waals surface area contributed by atoms with Crippen LogP contribution in [0, 0.1) is 0 Å². The van der Waals surface area contributed by atoms with E-state index in [9.17, 15) is 9.59 Å². The minimum atomic E-state index is -0.413. The van der Waals surface area contributed by atoms with Crippen molar-refractivity contribution in [2.24, 2.45) is 0 Å². The third-order valence-corrected chi connectivity index (χ3v) is 7.27. The molecule has 0 bridgehead atoms. The Morgan fingerprint density at radius 2 is 1.91 bits per heavy atom. The molecule has 2 aromatic heterocycles. The highest BCUT2D eigenvalue weighted by atomic mass is 32.1. The van der Waals surface area contributed by atoms with Crippen LogP contribution in [0.15, 0.2) is 47.2 Å². The molecule has 1 fully saturated rings. The molecule has 9 heteroatoms. The molecule has 0 spiro atoms. The Balaban J connectivity index is 1.38. The number of methoxy groups -OCH3 is 1. The Morgan fingerprint density at radius 1 is 1.09 bits per heavy atom. The van der Waals surface area contributed by atoms with Crippen molar-refractivity contribution >= 4 is 45.2 Å². The van der Waals surface area contributed by atoms with E-state index >= 15 is 0 Å². The van der Waals surface area contributed by atoms with Gasteiger partial charge < -0.3 is 19.7 Å². The van der Waals surface area contributed by atoms with Gasteiger partial charge in [-0.2, -0.15) is 0 Å². The van der Waals surface area contributed by atoms with Gasteiger partial charge in [0.05, 0.1) is 20.3 Å². The predicted molar refractivity (Wildman–Crippen MR) is 134 cm³/mol. The van der Waals surface area contributed by atoms with Crippen molar-refractivity contribution in [1.82, 2.24) is 4.90 Å². The number of anilines is 2. The number of nitrogens with one attached hydrogen (secondary N) is 1. The molecule has 0 radical (unpaired) electrons. The fraction of sp³-hybridized carbons (Fsp3) is 0.333. The van der Waals surface area contributed by atoms with Crippen LogP contribution in [0.2, 0.25) is 0 Å². The van der Waals surface area contributed by atoms with Crippen LogP contribution >= 0.6 is 22.7 Å². The van der Waals surface area contributed by atoms with Crippen molar-refractivity contribution in [2.75, 3.05) is 56.7 Å². The first-order chi connectivity index (χ1) is 16.1. The number of carbonyl (C=O) groups excluding carboxylic acids is 2. The van der Waals surface area contributed by atoms with Crippen LogP contribution in [0.25, 0.3) is 10.4 Å². The minimum Gasteiger partial charge on any atom is -0.497 e. The summed E-state index contributed by atoms with van der Waals surface area (Å²) in [7, 11) is 1.67. The molecule has 3 aromatic rings. The van der Waals surface area contributed by atoms with Crippen molar-refractivity contribution < 1.29 is 19.1 Å². The average molecular weight is 486 g/mol. The number of piperazine rings is 1. The molecule has 174 valence electrons. The highest BCUT2D eigenvalue weighted by Crippen LogP contribution is 2.38. The van der Waals surface area contributed by atoms with Crippen LogP contribution < -0.4 is 15.0 Å². The van der Waals surface area contributed by atoms with Gasteiger partial charge in [0.2, 0.25) is 5.91 Å². The van der Waals surface area contributed by atoms with Crippen molar-refractivity contribution in [2.45, 2.75) is 6.92 Å². The summed E-state index contributed by atoms with van der Waals surface area (Å²) in [6, 6.07) is 11.9. The second-order valence-corrected chi connectivity index (χ2v) is 9.39. The first-order valence-electron chi connectivity index (χ1n) is 10.8. The number of amides is 1. The SMILES string of the molecule is CCOC(=O)c1c(-c2cccs2)csc1NC(=O)CN1CCN(c2cccc(OC)c2)CC1. The van der Waals surface area contributed by atoms with E-state index < -0.39 is 5.97 Å². The summed E-state index contributed by atoms with van der Waals surface area (Å²) in [6.45, 7) is 5.55. The van der Waals surface area contributed by atoms with E-state index in [0.29, 0.717) is 10.6 Å². The normalized spacial score (nSPS) is 14.2. The van der Waals surface area contributed by atoms with Gasteiger partial charge in [0.15, 0.2) is 0 Å². The summed E-state index contributed by atoms with van der Waals surface area (Å²) in [5.74, 6) is 0.295. The lowest BCUT2D eigenvalue weighted by Crippen LogP contribution is -2.48. The number of carbonyl (C=O) groups is 2. The van der Waals surface area contributed by atoms with Gasteiger partial charge in [-0.05, 0) is 30.5 Å². The van der Waals surface area contributed by atoms with Gasteiger partial charge in [0.25, 0.3) is 0 Å². The summed E-state index contributed by atoms with van der Waals surface area (Å²) in [6.07, 6.45) is 0. The van der Waals surface area contributed by atoms with Crippen molar-refractivity contribution in [1.29, 1.82) is 0 Å². The van der Waals surface area contributed by atoms with Crippen LogP contribution in [0.1, 0.15) is 17.3 Å². The quantitative estimate of drug-likeness (QED) is 0.476. The molecule has 7 nitrogen and oxygen atoms in total. The van der Waals surface area contributed by atoms with E-state index in [2.05, 4.69) is 21.2 Å². The van der Waals surface area contributed by atoms with Gasteiger partial charge in [-0.25, -0.2) is 4.79 Å². The third-order valence-electron chi connectivity index (χ3n) is 5.47. The zero-order valence-electron chi connectivity index (χ0n) is 18.7. The lowest BCUT2D eigenvalue weighted by Gasteiger charge is -2.35. The first kappa shape index (κ1) is 23.3. The highest BCUT2D eigenvalue weighted by molar-refractivity contribution is 7.17. The molecule has 0 aliphatic carbocycles. The Labute approximate surface area is 201 Å². The maximum Gasteiger partial charge on any atom is 0.341 e. The van der Waals surface area contributed by atoms with Gasteiger partial charge in [-0.3, -0.25) is 9.69 Å². The number of benzene rings is 1. The van der Waals surface area contributed by atoms with Crippen molar-refractivity contribution in [3.8, 4) is 16.2 Å². The third kappa shape index (κ3) is 5.55. The van der Waals surface area contributed by atoms with Gasteiger partial charge in [0, 0.05) is 53.8 Å². The van der Waals surface area contributed by atoms with Crippen molar-refractivity contribution in [3.63, 3.8) is 0 Å². The zero-order chi connectivity index (χ0) is 23.2. The monoisotopic (exact) mass is 485 g/mol. The second kappa shape index (κ2) is 10.8. The van der Waals surface area contributed by atoms with Crippen LogP contribution in [-0.4, -0.2) is 63.2 Å². The van der Waals surface area contributed by atoms with E-state index in [0.717, 1.165) is 48.1 Å². The number of hydrogen-bond acceptors (Lipinski definition) is 8. The number of esters is 1. The van der Waals surface area contributed by atoms with Gasteiger partial charge in [0.1, 0.15) is 16.3 Å². The molecule has 1 aliphatic heterocycles. The summed E-state index contributed by atoms with van der Waals surface area (Å²) < 4.78 is 10.6. The molecular weight excluding hydrogens is 458 g/mol. The van der Waals surface area contributed by atoms with Crippen LogP contribution in [0.3, 0.4) is 0 Å². The summed E-state index contributed by atoms with van der Waals surface area (Å²) >= 11 is 2.91. The lowest BCUT2D eigenvalue weighted by molar-refractivity contribution is -0.117. The van der Waals surface area contributed by atoms with Gasteiger partial charge >= 0.3 is 5.97 Å². The first-order valence-corrected chi connectivity index (χ1v) is 12.6. The molecule has 1 amide bonds. The molecule has 0 saturated carbocycles. The molecule has 0 unspecified atom stereocenters. The van der Waals surface area contributed by atoms with Crippen LogP contribution in [-0.2, 0) is 9.53 Å². The molecule has 3 heterocycles. The molecule has 4 rings (SSSR count). The maximum atomic E-state index is 12.8. The molecule has 1 N–H and O–H groups in total. The summed E-state index contributed by atoms with van der Waals surface area (Å²) in [5, 5.41) is 7.35. The topological polar surface area (TPSA) is 71.1 Å². The van der Waals surface area contributed by atoms with E-state index in [1.165, 1.54) is 11.3 Å². The van der Waals surface area contributed by atoms with E-state index in [1.807, 2.05) is 41.1 Å². The molecule has 1 aliphatic rings. The van der Waals surface area contributed by atoms with Crippen LogP contribution in [0.4, 0.5) is 10.7 Å². The second-order valence-electron chi connectivity index (χ2n) is 7.56. The molecule has 1 saturated heterocycles. The number of hydrogen-bond donors (Lipinski definition) is 1. The number of ether oxygens (including phenoxy) is 2. The molecular formula is C24H27N3O4S2. The maximum absolute atomic E-state index is 12.8. The summed E-state index contributed by atoms with van der Waals surface area (Å²) in [5.41, 5.74) is 2.35. The van der Waals surface area contributed by atoms with Gasteiger partial charge in [-0.1, -0.05) is 12.1 Å². The number of nitrogens with zero attached hydrogens (tertiary/aromatic N) is 2. The smallest absolute Gasteiger partial charge is 0.341 e. The van der Waals surface area contributed by atoms with E-state index in [-0.39, 0.29) is 19.1 Å². The van der Waals surface area contributed by atoms with E-state index in [1.54, 1.807) is 25.4 Å². The predicted octanol–water partition coefficient (Wildman–Crippen LogP) is 4.42. The fourth-order valence-corrected chi connectivity index (χ4v) is 5.60. The molecule has 33 heavy (non-hydrogen) atoms. The highest BCUT2D eigenvalue weighted by Gasteiger charge is 2.25. The van der Waals surface area contributed by atoms with Crippen LogP contribution in [0.5, 0.6) is 5.75 Å². The fourth-order valence-electron chi connectivity index (χ4n) is 3.81. The zero-order valence-corrected chi connectivity index (χ0v) is 20.3. The Kier molecular flexibility index (Phi) is 7.64. The van der Waals surface area contributed by atoms with E-state index in [4.69, 9.17) is 9.47 Å². The molecule has 0 atom stereocenters. The Hall–Kier alpha value is -2.88. The van der Waals surface area contributed by atoms with Gasteiger partial charge in [-0.15, -0.1) is 22.7 Å². The number of rotatable bonds is 8. The standard InChI is InChI=1S/C24H27N3O4S2/c1-3-31-24(29)22-19(20-8-5-13-32-20)16-33-23(22)25-21(28)15-26-9-11-27(12-10-26)17-6-4-7-18(14-17)30-2/h4-8,13-14,16H,3,9-12,15H2,1-2H3,(H,25,28). The lowest BCUT2D eigenvalue weighted by atomic mass is 10.1. The van der Waals surface area contributed by atoms with Crippen molar-refractivity contribution in [3.05, 3.63) is 52.7 Å².